The summed E-state index contributed by atoms with van der Waals surface area (Å²) >= 11 is 1.97. The van der Waals surface area contributed by atoms with E-state index in [9.17, 15) is 4.79 Å². The van der Waals surface area contributed by atoms with E-state index < -0.39 is 0 Å². The molecule has 1 aromatic heterocycles. The Kier molecular flexibility index (Phi) is 4.09. The number of hydrogen-bond donors (Lipinski definition) is 2. The van der Waals surface area contributed by atoms with Gasteiger partial charge in [0.1, 0.15) is 0 Å². The fourth-order valence-electron chi connectivity index (χ4n) is 1.94. The van der Waals surface area contributed by atoms with Gasteiger partial charge in [0.25, 0.3) is 0 Å². The summed E-state index contributed by atoms with van der Waals surface area (Å²) in [5, 5.41) is 0. The maximum Gasteiger partial charge on any atom is 0.301 e. The van der Waals surface area contributed by atoms with Gasteiger partial charge in [0.15, 0.2) is 5.76 Å². The van der Waals surface area contributed by atoms with E-state index in [0.29, 0.717) is 11.8 Å². The first-order valence-electron chi connectivity index (χ1n) is 5.61. The Bertz CT molecular complexity index is 394. The van der Waals surface area contributed by atoms with Crippen molar-refractivity contribution in [1.82, 2.24) is 10.3 Å². The average Bonchev–Trinajstić information content (AvgIpc) is 2.79. The van der Waals surface area contributed by atoms with Gasteiger partial charge in [-0.3, -0.25) is 15.1 Å². The molecule has 3 N–H and O–H groups in total. The topological polar surface area (TPSA) is 71.5 Å². The van der Waals surface area contributed by atoms with Crippen LogP contribution in [0.5, 0.6) is 0 Å². The van der Waals surface area contributed by atoms with Gasteiger partial charge in [-0.25, -0.2) is 5.84 Å². The Morgan fingerprint density at radius 2 is 2.59 bits per heavy atom. The predicted molar refractivity (Wildman–Crippen MR) is 67.6 cm³/mol. The molecule has 17 heavy (non-hydrogen) atoms. The van der Waals surface area contributed by atoms with Gasteiger partial charge in [-0.2, -0.15) is 11.8 Å². The first-order chi connectivity index (χ1) is 8.22. The summed E-state index contributed by atoms with van der Waals surface area (Å²) in [7, 11) is 0. The van der Waals surface area contributed by atoms with Gasteiger partial charge in [0, 0.05) is 36.2 Å². The second-order valence-corrected chi connectivity index (χ2v) is 5.29. The molecule has 1 aliphatic rings. The molecule has 1 aromatic rings. The van der Waals surface area contributed by atoms with E-state index >= 15 is 0 Å². The normalized spacial score (nSPS) is 21.4. The fraction of sp³-hybridized carbons (Fsp3) is 0.545. The van der Waals surface area contributed by atoms with Gasteiger partial charge in [-0.05, 0) is 13.0 Å². The monoisotopic (exact) mass is 255 g/mol. The largest absolute Gasteiger partial charge is 0.459 e. The van der Waals surface area contributed by atoms with Crippen molar-refractivity contribution in [1.29, 1.82) is 0 Å². The minimum atomic E-state index is -0.371. The molecule has 0 aliphatic carbocycles. The van der Waals surface area contributed by atoms with E-state index in [1.807, 2.05) is 17.8 Å². The van der Waals surface area contributed by atoms with Crippen molar-refractivity contribution in [2.75, 3.05) is 18.1 Å². The summed E-state index contributed by atoms with van der Waals surface area (Å²) in [6.45, 7) is 3.98. The lowest BCUT2D eigenvalue weighted by Crippen LogP contribution is -2.40. The molecule has 1 fully saturated rings. The molecular formula is C11H17N3O2S. The molecule has 0 saturated carbocycles. The van der Waals surface area contributed by atoms with Gasteiger partial charge in [0.05, 0.1) is 6.26 Å². The van der Waals surface area contributed by atoms with Gasteiger partial charge < -0.3 is 4.42 Å². The first-order valence-corrected chi connectivity index (χ1v) is 6.77. The summed E-state index contributed by atoms with van der Waals surface area (Å²) in [6.07, 6.45) is 1.53. The van der Waals surface area contributed by atoms with Crippen molar-refractivity contribution in [3.8, 4) is 0 Å². The molecule has 1 aliphatic heterocycles. The van der Waals surface area contributed by atoms with Crippen LogP contribution < -0.4 is 11.3 Å². The lowest BCUT2D eigenvalue weighted by molar-refractivity contribution is 0.0922. The molecule has 2 rings (SSSR count). The van der Waals surface area contributed by atoms with Crippen LogP contribution in [-0.2, 0) is 6.54 Å². The summed E-state index contributed by atoms with van der Waals surface area (Å²) in [5.74, 6) is 7.34. The summed E-state index contributed by atoms with van der Waals surface area (Å²) in [4.78, 5) is 13.8. The van der Waals surface area contributed by atoms with Gasteiger partial charge >= 0.3 is 5.91 Å². The van der Waals surface area contributed by atoms with E-state index in [4.69, 9.17) is 10.3 Å². The summed E-state index contributed by atoms with van der Waals surface area (Å²) in [5.41, 5.74) is 3.00. The Morgan fingerprint density at radius 3 is 3.29 bits per heavy atom. The van der Waals surface area contributed by atoms with Gasteiger partial charge in [0.2, 0.25) is 0 Å². The van der Waals surface area contributed by atoms with Crippen LogP contribution in [0, 0.1) is 0 Å². The van der Waals surface area contributed by atoms with Gasteiger partial charge in [-0.15, -0.1) is 0 Å². The van der Waals surface area contributed by atoms with Crippen molar-refractivity contribution in [3.63, 3.8) is 0 Å². The summed E-state index contributed by atoms with van der Waals surface area (Å²) < 4.78 is 5.17. The number of furan rings is 1. The number of carbonyl (C=O) groups excluding carboxylic acids is 1. The molecule has 1 amide bonds. The molecule has 1 unspecified atom stereocenters. The second-order valence-electron chi connectivity index (χ2n) is 4.14. The van der Waals surface area contributed by atoms with Crippen LogP contribution in [-0.4, -0.2) is 34.9 Å². The molecule has 1 saturated heterocycles. The van der Waals surface area contributed by atoms with E-state index in [1.165, 1.54) is 6.26 Å². The molecule has 0 spiro atoms. The third kappa shape index (κ3) is 2.83. The number of nitrogens with zero attached hydrogens (tertiary/aromatic N) is 1. The standard InChI is InChI=1S/C11H17N3O2S/c1-8-7-17-5-3-14(8)6-9-2-4-16-10(9)11(15)13-12/h2,4,8H,3,5-7,12H2,1H3,(H,13,15). The number of thioether (sulfide) groups is 1. The second kappa shape index (κ2) is 5.57. The minimum absolute atomic E-state index is 0.318. The van der Waals surface area contributed by atoms with E-state index in [-0.39, 0.29) is 5.91 Å². The van der Waals surface area contributed by atoms with Crippen LogP contribution >= 0.6 is 11.8 Å². The number of nitrogens with two attached hydrogens (primary N) is 1. The Balaban J connectivity index is 2.07. The zero-order valence-electron chi connectivity index (χ0n) is 9.81. The zero-order chi connectivity index (χ0) is 12.3. The fourth-order valence-corrected chi connectivity index (χ4v) is 3.02. The quantitative estimate of drug-likeness (QED) is 0.475. The van der Waals surface area contributed by atoms with Crippen molar-refractivity contribution in [2.24, 2.45) is 5.84 Å². The lowest BCUT2D eigenvalue weighted by Gasteiger charge is -2.32. The molecule has 5 nitrogen and oxygen atoms in total. The van der Waals surface area contributed by atoms with Crippen molar-refractivity contribution >= 4 is 17.7 Å². The molecule has 6 heteroatoms. The molecule has 1 atom stereocenters. The van der Waals surface area contributed by atoms with E-state index in [2.05, 4.69) is 17.2 Å². The third-order valence-corrected chi connectivity index (χ3v) is 4.15. The Morgan fingerprint density at radius 1 is 1.76 bits per heavy atom. The predicted octanol–water partition coefficient (Wildman–Crippen LogP) is 0.820. The molecule has 0 aromatic carbocycles. The number of nitrogens with one attached hydrogen (secondary N) is 1. The highest BCUT2D eigenvalue weighted by Gasteiger charge is 2.22. The highest BCUT2D eigenvalue weighted by Crippen LogP contribution is 2.20. The Hall–Kier alpha value is -0.980. The molecule has 94 valence electrons. The van der Waals surface area contributed by atoms with E-state index in [1.54, 1.807) is 0 Å². The lowest BCUT2D eigenvalue weighted by atomic mass is 10.2. The van der Waals surface area contributed by atoms with Gasteiger partial charge in [-0.1, -0.05) is 0 Å². The zero-order valence-corrected chi connectivity index (χ0v) is 10.6. The number of hydrogen-bond acceptors (Lipinski definition) is 5. The van der Waals surface area contributed by atoms with Crippen LogP contribution in [0.4, 0.5) is 0 Å². The van der Waals surface area contributed by atoms with Crippen LogP contribution in [0.1, 0.15) is 23.0 Å². The van der Waals surface area contributed by atoms with Crippen LogP contribution in [0.15, 0.2) is 16.7 Å². The Labute approximate surface area is 105 Å². The first kappa shape index (κ1) is 12.5. The maximum atomic E-state index is 11.5. The van der Waals surface area contributed by atoms with Crippen LogP contribution in [0.3, 0.4) is 0 Å². The maximum absolute atomic E-state index is 11.5. The van der Waals surface area contributed by atoms with Crippen molar-refractivity contribution in [2.45, 2.75) is 19.5 Å². The van der Waals surface area contributed by atoms with E-state index in [0.717, 1.165) is 30.2 Å². The number of nitrogen functional groups attached to an aromatic ring is 1. The highest BCUT2D eigenvalue weighted by molar-refractivity contribution is 7.99. The molecule has 0 radical (unpaired) electrons. The smallest absolute Gasteiger partial charge is 0.301 e. The molecular weight excluding hydrogens is 238 g/mol. The third-order valence-electron chi connectivity index (χ3n) is 2.96. The van der Waals surface area contributed by atoms with Crippen LogP contribution in [0.25, 0.3) is 0 Å². The number of rotatable bonds is 3. The highest BCUT2D eigenvalue weighted by atomic mass is 32.2. The average molecular weight is 255 g/mol. The summed E-state index contributed by atoms with van der Waals surface area (Å²) in [6, 6.07) is 2.36. The van der Waals surface area contributed by atoms with Crippen LogP contribution in [0.2, 0.25) is 0 Å². The minimum Gasteiger partial charge on any atom is -0.459 e. The number of hydrazine groups is 1. The number of amides is 1. The number of carbonyl (C=O) groups is 1. The van der Waals surface area contributed by atoms with Crippen molar-refractivity contribution in [3.05, 3.63) is 23.7 Å². The SMILES string of the molecule is CC1CSCCN1Cc1ccoc1C(=O)NN. The molecule has 2 heterocycles. The molecule has 0 bridgehead atoms. The van der Waals surface area contributed by atoms with Crippen molar-refractivity contribution < 1.29 is 9.21 Å².